The number of hydrogen-bond donors (Lipinski definition) is 0. The van der Waals surface area contributed by atoms with Crippen molar-refractivity contribution in [1.29, 1.82) is 0 Å². The van der Waals surface area contributed by atoms with Gasteiger partial charge in [0.15, 0.2) is 12.4 Å². The zero-order valence-corrected chi connectivity index (χ0v) is 15.2. The Morgan fingerprint density at radius 2 is 1.81 bits per heavy atom. The van der Waals surface area contributed by atoms with Crippen LogP contribution in [0.2, 0.25) is 0 Å². The first-order chi connectivity index (χ1) is 12.7. The summed E-state index contributed by atoms with van der Waals surface area (Å²) >= 11 is 0. The molecule has 0 aliphatic carbocycles. The van der Waals surface area contributed by atoms with Crippen LogP contribution >= 0.6 is 0 Å². The van der Waals surface area contributed by atoms with Crippen LogP contribution in [0, 0.1) is 0 Å². The Morgan fingerprint density at radius 3 is 2.50 bits per heavy atom. The lowest BCUT2D eigenvalue weighted by Crippen LogP contribution is -2.39. The van der Waals surface area contributed by atoms with Crippen molar-refractivity contribution in [3.05, 3.63) is 65.7 Å². The highest BCUT2D eigenvalue weighted by atomic mass is 16.5. The van der Waals surface area contributed by atoms with Gasteiger partial charge in [0.05, 0.1) is 0 Å². The van der Waals surface area contributed by atoms with Crippen LogP contribution in [0.15, 0.2) is 54.6 Å². The molecule has 0 N–H and O–H groups in total. The summed E-state index contributed by atoms with van der Waals surface area (Å²) in [6.45, 7) is 2.67. The fraction of sp³-hybridized carbons (Fsp3) is 0.364. The van der Waals surface area contributed by atoms with Gasteiger partial charge in [-0.05, 0) is 49.1 Å². The first-order valence-corrected chi connectivity index (χ1v) is 9.27. The van der Waals surface area contributed by atoms with E-state index in [0.717, 1.165) is 25.8 Å². The van der Waals surface area contributed by atoms with E-state index >= 15 is 0 Å². The van der Waals surface area contributed by atoms with Crippen molar-refractivity contribution in [1.82, 2.24) is 4.90 Å². The van der Waals surface area contributed by atoms with Gasteiger partial charge in [0.2, 0.25) is 0 Å². The summed E-state index contributed by atoms with van der Waals surface area (Å²) in [5.74, 6) is 0.746. The molecule has 2 aromatic carbocycles. The van der Waals surface area contributed by atoms with Gasteiger partial charge in [-0.15, -0.1) is 0 Å². The van der Waals surface area contributed by atoms with Gasteiger partial charge in [-0.2, -0.15) is 0 Å². The maximum Gasteiger partial charge on any atom is 0.260 e. The number of Topliss-reactive ketones (excluding diaryl/α,β-unsaturated/α-hetero) is 1. The number of ether oxygens (including phenoxy) is 1. The third-order valence-corrected chi connectivity index (χ3v) is 4.87. The minimum atomic E-state index is 0.0251. The smallest absolute Gasteiger partial charge is 0.260 e. The van der Waals surface area contributed by atoms with Gasteiger partial charge in [-0.3, -0.25) is 9.59 Å². The number of nitrogens with zero attached hydrogens (tertiary/aromatic N) is 1. The molecule has 136 valence electrons. The molecule has 0 saturated carbocycles. The number of ketones is 1. The van der Waals surface area contributed by atoms with E-state index in [1.165, 1.54) is 5.56 Å². The number of likely N-dealkylation sites (tertiary alicyclic amines) is 1. The van der Waals surface area contributed by atoms with Gasteiger partial charge in [-0.25, -0.2) is 0 Å². The zero-order valence-electron chi connectivity index (χ0n) is 15.2. The summed E-state index contributed by atoms with van der Waals surface area (Å²) in [4.78, 5) is 26.2. The molecule has 1 unspecified atom stereocenters. The minimum absolute atomic E-state index is 0.0251. The third-order valence-electron chi connectivity index (χ3n) is 4.87. The summed E-state index contributed by atoms with van der Waals surface area (Å²) in [6, 6.07) is 17.5. The number of benzene rings is 2. The van der Waals surface area contributed by atoms with Gasteiger partial charge < -0.3 is 9.64 Å². The molecule has 1 aliphatic rings. The molecule has 4 nitrogen and oxygen atoms in total. The van der Waals surface area contributed by atoms with Crippen molar-refractivity contribution < 1.29 is 14.3 Å². The second-order valence-corrected chi connectivity index (χ2v) is 6.66. The maximum atomic E-state index is 12.6. The molecule has 2 aromatic rings. The lowest BCUT2D eigenvalue weighted by atomic mass is 10.0. The summed E-state index contributed by atoms with van der Waals surface area (Å²) in [6.07, 6.45) is 3.45. The van der Waals surface area contributed by atoms with E-state index in [1.54, 1.807) is 24.3 Å². The molecule has 1 atom stereocenters. The standard InChI is InChI=1S/C22H25NO3/c1-2-21(24)18-10-12-20(13-11-18)26-16-22(25)23-14-6-9-19(23)15-17-7-4-3-5-8-17/h3-5,7-8,10-13,19H,2,6,9,14-16H2,1H3. The number of rotatable bonds is 7. The molecule has 26 heavy (non-hydrogen) atoms. The van der Waals surface area contributed by atoms with Crippen LogP contribution in [0.25, 0.3) is 0 Å². The highest BCUT2D eigenvalue weighted by molar-refractivity contribution is 5.95. The van der Waals surface area contributed by atoms with Gasteiger partial charge in [-0.1, -0.05) is 37.3 Å². The van der Waals surface area contributed by atoms with Gasteiger partial charge in [0.1, 0.15) is 5.75 Å². The maximum absolute atomic E-state index is 12.6. The van der Waals surface area contributed by atoms with Crippen LogP contribution < -0.4 is 4.74 Å². The van der Waals surface area contributed by atoms with Crippen LogP contribution in [0.1, 0.15) is 42.1 Å². The Balaban J connectivity index is 1.54. The summed E-state index contributed by atoms with van der Waals surface area (Å²) in [5, 5.41) is 0. The van der Waals surface area contributed by atoms with Crippen molar-refractivity contribution in [3.8, 4) is 5.75 Å². The molecule has 1 saturated heterocycles. The van der Waals surface area contributed by atoms with Crippen LogP contribution in [0.4, 0.5) is 0 Å². The second-order valence-electron chi connectivity index (χ2n) is 6.66. The fourth-order valence-electron chi connectivity index (χ4n) is 3.43. The van der Waals surface area contributed by atoms with Crippen molar-refractivity contribution in [3.63, 3.8) is 0 Å². The van der Waals surface area contributed by atoms with E-state index in [1.807, 2.05) is 30.0 Å². The summed E-state index contributed by atoms with van der Waals surface area (Å²) in [7, 11) is 0. The van der Waals surface area contributed by atoms with Crippen LogP contribution in [-0.4, -0.2) is 35.8 Å². The quantitative estimate of drug-likeness (QED) is 0.711. The molecule has 0 bridgehead atoms. The molecule has 1 amide bonds. The Bertz CT molecular complexity index is 740. The van der Waals surface area contributed by atoms with Crippen LogP contribution in [-0.2, 0) is 11.2 Å². The predicted molar refractivity (Wildman–Crippen MR) is 101 cm³/mol. The van der Waals surface area contributed by atoms with E-state index in [2.05, 4.69) is 12.1 Å². The lowest BCUT2D eigenvalue weighted by Gasteiger charge is -2.25. The number of carbonyl (C=O) groups is 2. The Hall–Kier alpha value is -2.62. The van der Waals surface area contributed by atoms with Gasteiger partial charge >= 0.3 is 0 Å². The molecule has 3 rings (SSSR count). The van der Waals surface area contributed by atoms with E-state index < -0.39 is 0 Å². The largest absolute Gasteiger partial charge is 0.484 e. The van der Waals surface area contributed by atoms with Crippen LogP contribution in [0.3, 0.4) is 0 Å². The van der Waals surface area contributed by atoms with Crippen LogP contribution in [0.5, 0.6) is 5.75 Å². The topological polar surface area (TPSA) is 46.6 Å². The van der Waals surface area contributed by atoms with Crippen molar-refractivity contribution in [2.24, 2.45) is 0 Å². The van der Waals surface area contributed by atoms with Crippen molar-refractivity contribution >= 4 is 11.7 Å². The van der Waals surface area contributed by atoms with Gasteiger partial charge in [0.25, 0.3) is 5.91 Å². The number of hydrogen-bond acceptors (Lipinski definition) is 3. The molecule has 1 heterocycles. The molecule has 4 heteroatoms. The normalized spacial score (nSPS) is 16.5. The van der Waals surface area contributed by atoms with E-state index in [9.17, 15) is 9.59 Å². The highest BCUT2D eigenvalue weighted by Gasteiger charge is 2.28. The average Bonchev–Trinajstić information content (AvgIpc) is 3.15. The third kappa shape index (κ3) is 4.51. The monoisotopic (exact) mass is 351 g/mol. The average molecular weight is 351 g/mol. The zero-order chi connectivity index (χ0) is 18.4. The molecule has 0 spiro atoms. The summed E-state index contributed by atoms with van der Waals surface area (Å²) in [5.41, 5.74) is 1.93. The number of carbonyl (C=O) groups excluding carboxylic acids is 2. The minimum Gasteiger partial charge on any atom is -0.484 e. The first-order valence-electron chi connectivity index (χ1n) is 9.27. The molecule has 0 aromatic heterocycles. The van der Waals surface area contributed by atoms with E-state index in [4.69, 9.17) is 4.74 Å². The first kappa shape index (κ1) is 18.2. The van der Waals surface area contributed by atoms with Crippen molar-refractivity contribution in [2.45, 2.75) is 38.6 Å². The SMILES string of the molecule is CCC(=O)c1ccc(OCC(=O)N2CCCC2Cc2ccccc2)cc1. The molecule has 1 aliphatic heterocycles. The molecular weight excluding hydrogens is 326 g/mol. The van der Waals surface area contributed by atoms with Crippen molar-refractivity contribution in [2.75, 3.05) is 13.2 Å². The summed E-state index contributed by atoms with van der Waals surface area (Å²) < 4.78 is 5.64. The molecule has 0 radical (unpaired) electrons. The highest BCUT2D eigenvalue weighted by Crippen LogP contribution is 2.22. The Kier molecular flexibility index (Phi) is 6.05. The second kappa shape index (κ2) is 8.65. The fourth-order valence-corrected chi connectivity index (χ4v) is 3.43. The van der Waals surface area contributed by atoms with E-state index in [0.29, 0.717) is 17.7 Å². The van der Waals surface area contributed by atoms with E-state index in [-0.39, 0.29) is 24.3 Å². The van der Waals surface area contributed by atoms with Gasteiger partial charge in [0, 0.05) is 24.6 Å². The molecule has 1 fully saturated rings. The number of amides is 1. The Morgan fingerprint density at radius 1 is 1.08 bits per heavy atom. The lowest BCUT2D eigenvalue weighted by molar-refractivity contribution is -0.134. The molecular formula is C22H25NO3. The Labute approximate surface area is 154 Å². The predicted octanol–water partition coefficient (Wildman–Crippen LogP) is 3.89.